The molecule has 0 aliphatic heterocycles. The van der Waals surface area contributed by atoms with Crippen LogP contribution in [0.3, 0.4) is 0 Å². The number of aryl methyl sites for hydroxylation is 1. The van der Waals surface area contributed by atoms with E-state index in [1.165, 1.54) is 6.08 Å². The highest BCUT2D eigenvalue weighted by Crippen LogP contribution is 2.41. The number of nitrogens with zero attached hydrogens (tertiary/aromatic N) is 1. The molecule has 0 fully saturated rings. The van der Waals surface area contributed by atoms with Gasteiger partial charge >= 0.3 is 0 Å². The second-order valence-corrected chi connectivity index (χ2v) is 5.11. The smallest absolute Gasteiger partial charge is 0.170 e. The van der Waals surface area contributed by atoms with E-state index < -0.39 is 5.92 Å². The molecule has 1 aromatic carbocycles. The Morgan fingerprint density at radius 2 is 2.05 bits per heavy atom. The van der Waals surface area contributed by atoms with Gasteiger partial charge in [0.1, 0.15) is 5.76 Å². The average Bonchev–Trinajstić information content (AvgIpc) is 2.85. The molecule has 1 aromatic heterocycles. The Morgan fingerprint density at radius 1 is 1.30 bits per heavy atom. The molecule has 102 valence electrons. The van der Waals surface area contributed by atoms with Crippen LogP contribution in [0.4, 0.5) is 0 Å². The van der Waals surface area contributed by atoms with Gasteiger partial charge in [-0.05, 0) is 12.5 Å². The standard InChI is InChI=1S/C16H15NO3/c1-10-7-15(20-17-10)16-13(8-12(18)9-14(16)19)11-5-3-2-4-6-11/h2-7,9,13,16,18H,8H2,1H3/t13-,16+/m1/s1. The fourth-order valence-corrected chi connectivity index (χ4v) is 2.73. The molecule has 0 spiro atoms. The molecular weight excluding hydrogens is 254 g/mol. The fraction of sp³-hybridized carbons (Fsp3) is 0.250. The second-order valence-electron chi connectivity index (χ2n) is 5.11. The van der Waals surface area contributed by atoms with Gasteiger partial charge in [-0.3, -0.25) is 4.79 Å². The minimum absolute atomic E-state index is 0.122. The molecule has 3 rings (SSSR count). The predicted octanol–water partition coefficient (Wildman–Crippen LogP) is 3.27. The first-order valence-electron chi connectivity index (χ1n) is 6.56. The average molecular weight is 269 g/mol. The molecule has 2 atom stereocenters. The lowest BCUT2D eigenvalue weighted by atomic mass is 9.76. The van der Waals surface area contributed by atoms with Crippen molar-refractivity contribution in [1.82, 2.24) is 5.16 Å². The molecule has 1 aliphatic carbocycles. The maximum atomic E-state index is 12.3. The number of aliphatic hydroxyl groups excluding tert-OH is 1. The van der Waals surface area contributed by atoms with Crippen LogP contribution in [0.2, 0.25) is 0 Å². The first kappa shape index (κ1) is 12.7. The van der Waals surface area contributed by atoms with Crippen molar-refractivity contribution in [3.8, 4) is 0 Å². The molecule has 2 aromatic rings. The van der Waals surface area contributed by atoms with Crippen molar-refractivity contribution >= 4 is 5.78 Å². The van der Waals surface area contributed by atoms with Crippen LogP contribution in [0.25, 0.3) is 0 Å². The van der Waals surface area contributed by atoms with Gasteiger partial charge in [-0.2, -0.15) is 0 Å². The zero-order valence-corrected chi connectivity index (χ0v) is 11.1. The number of rotatable bonds is 2. The maximum absolute atomic E-state index is 12.3. The molecule has 0 bridgehead atoms. The summed E-state index contributed by atoms with van der Waals surface area (Å²) in [5, 5.41) is 13.6. The van der Waals surface area contributed by atoms with Crippen molar-refractivity contribution in [2.75, 3.05) is 0 Å². The summed E-state index contributed by atoms with van der Waals surface area (Å²) in [4.78, 5) is 12.3. The molecule has 4 nitrogen and oxygen atoms in total. The van der Waals surface area contributed by atoms with E-state index in [4.69, 9.17) is 4.52 Å². The van der Waals surface area contributed by atoms with Crippen LogP contribution >= 0.6 is 0 Å². The molecule has 0 saturated carbocycles. The summed E-state index contributed by atoms with van der Waals surface area (Å²) in [7, 11) is 0. The van der Waals surface area contributed by atoms with E-state index in [0.717, 1.165) is 11.3 Å². The lowest BCUT2D eigenvalue weighted by Crippen LogP contribution is -2.23. The summed E-state index contributed by atoms with van der Waals surface area (Å²) in [6.45, 7) is 1.82. The quantitative estimate of drug-likeness (QED) is 0.908. The minimum Gasteiger partial charge on any atom is -0.512 e. The summed E-state index contributed by atoms with van der Waals surface area (Å²) in [5.41, 5.74) is 1.76. The maximum Gasteiger partial charge on any atom is 0.170 e. The van der Waals surface area contributed by atoms with Crippen molar-refractivity contribution in [1.29, 1.82) is 0 Å². The van der Waals surface area contributed by atoms with Crippen molar-refractivity contribution < 1.29 is 14.4 Å². The summed E-state index contributed by atoms with van der Waals surface area (Å²) >= 11 is 0. The van der Waals surface area contributed by atoms with Crippen LogP contribution in [-0.4, -0.2) is 16.0 Å². The van der Waals surface area contributed by atoms with Gasteiger partial charge in [-0.25, -0.2) is 0 Å². The Balaban J connectivity index is 2.05. The van der Waals surface area contributed by atoms with Crippen LogP contribution in [0.5, 0.6) is 0 Å². The van der Waals surface area contributed by atoms with Crippen LogP contribution in [0.15, 0.2) is 52.8 Å². The molecule has 4 heteroatoms. The van der Waals surface area contributed by atoms with Gasteiger partial charge < -0.3 is 9.63 Å². The SMILES string of the molecule is Cc1cc([C@@H]2C(=O)C=C(O)C[C@@H]2c2ccccc2)on1. The van der Waals surface area contributed by atoms with Crippen molar-refractivity contribution in [3.05, 3.63) is 65.3 Å². The Morgan fingerprint density at radius 3 is 2.70 bits per heavy atom. The van der Waals surface area contributed by atoms with E-state index in [9.17, 15) is 9.90 Å². The highest BCUT2D eigenvalue weighted by Gasteiger charge is 2.37. The normalized spacial score (nSPS) is 22.6. The highest BCUT2D eigenvalue weighted by atomic mass is 16.5. The van der Waals surface area contributed by atoms with Gasteiger partial charge in [-0.15, -0.1) is 0 Å². The number of aromatic nitrogens is 1. The number of allylic oxidation sites excluding steroid dienone is 2. The van der Waals surface area contributed by atoms with Gasteiger partial charge in [0.15, 0.2) is 5.78 Å². The third kappa shape index (κ3) is 2.25. The van der Waals surface area contributed by atoms with Crippen molar-refractivity contribution in [3.63, 3.8) is 0 Å². The number of carbonyl (C=O) groups excluding carboxylic acids is 1. The van der Waals surface area contributed by atoms with E-state index in [2.05, 4.69) is 5.16 Å². The number of carbonyl (C=O) groups is 1. The van der Waals surface area contributed by atoms with E-state index in [1.807, 2.05) is 37.3 Å². The van der Waals surface area contributed by atoms with Gasteiger partial charge in [0.25, 0.3) is 0 Å². The summed E-state index contributed by atoms with van der Waals surface area (Å²) in [6, 6.07) is 11.5. The van der Waals surface area contributed by atoms with Gasteiger partial charge in [0, 0.05) is 24.5 Å². The predicted molar refractivity (Wildman–Crippen MR) is 73.5 cm³/mol. The third-order valence-electron chi connectivity index (χ3n) is 3.63. The number of hydrogen-bond donors (Lipinski definition) is 1. The number of benzene rings is 1. The van der Waals surface area contributed by atoms with E-state index in [0.29, 0.717) is 12.2 Å². The van der Waals surface area contributed by atoms with E-state index in [1.54, 1.807) is 6.07 Å². The van der Waals surface area contributed by atoms with Crippen molar-refractivity contribution in [2.45, 2.75) is 25.2 Å². The highest BCUT2D eigenvalue weighted by molar-refractivity contribution is 5.97. The lowest BCUT2D eigenvalue weighted by Gasteiger charge is -2.27. The molecule has 0 unspecified atom stereocenters. The van der Waals surface area contributed by atoms with Gasteiger partial charge in [0.05, 0.1) is 17.4 Å². The van der Waals surface area contributed by atoms with Crippen LogP contribution < -0.4 is 0 Å². The van der Waals surface area contributed by atoms with Gasteiger partial charge in [-0.1, -0.05) is 35.5 Å². The minimum atomic E-state index is -0.422. The first-order valence-corrected chi connectivity index (χ1v) is 6.56. The zero-order chi connectivity index (χ0) is 14.1. The Labute approximate surface area is 116 Å². The summed E-state index contributed by atoms with van der Waals surface area (Å²) in [6.07, 6.45) is 1.72. The van der Waals surface area contributed by atoms with E-state index in [-0.39, 0.29) is 17.5 Å². The topological polar surface area (TPSA) is 63.3 Å². The lowest BCUT2D eigenvalue weighted by molar-refractivity contribution is -0.117. The number of hydrogen-bond acceptors (Lipinski definition) is 4. The van der Waals surface area contributed by atoms with Crippen molar-refractivity contribution in [2.24, 2.45) is 0 Å². The molecule has 20 heavy (non-hydrogen) atoms. The largest absolute Gasteiger partial charge is 0.512 e. The molecule has 0 radical (unpaired) electrons. The molecule has 0 amide bonds. The summed E-state index contributed by atoms with van der Waals surface area (Å²) < 4.78 is 5.28. The first-order chi connectivity index (χ1) is 9.65. The fourth-order valence-electron chi connectivity index (χ4n) is 2.73. The molecule has 0 saturated heterocycles. The van der Waals surface area contributed by atoms with Crippen LogP contribution in [-0.2, 0) is 4.79 Å². The Bertz CT molecular complexity index is 657. The Kier molecular flexibility index (Phi) is 3.14. The number of aliphatic hydroxyl groups is 1. The molecule has 1 N–H and O–H groups in total. The van der Waals surface area contributed by atoms with Crippen LogP contribution in [0.1, 0.15) is 35.3 Å². The Hall–Kier alpha value is -2.36. The molecule has 1 aliphatic rings. The summed E-state index contributed by atoms with van der Waals surface area (Å²) in [5.74, 6) is -0.00394. The van der Waals surface area contributed by atoms with Crippen LogP contribution in [0, 0.1) is 6.92 Å². The second kappa shape index (κ2) is 4.96. The molecule has 1 heterocycles. The molecular formula is C16H15NO3. The van der Waals surface area contributed by atoms with E-state index >= 15 is 0 Å². The number of ketones is 1. The third-order valence-corrected chi connectivity index (χ3v) is 3.63. The monoisotopic (exact) mass is 269 g/mol. The zero-order valence-electron chi connectivity index (χ0n) is 11.1. The van der Waals surface area contributed by atoms with Gasteiger partial charge in [0.2, 0.25) is 0 Å².